The normalized spacial score (nSPS) is 24.8. The molecule has 0 N–H and O–H groups in total. The molecule has 2 aliphatic rings. The number of ether oxygens (including phenoxy) is 2. The number of halogens is 4. The highest BCUT2D eigenvalue weighted by Crippen LogP contribution is 2.41. The summed E-state index contributed by atoms with van der Waals surface area (Å²) < 4.78 is 70.0. The van der Waals surface area contributed by atoms with Crippen molar-refractivity contribution >= 4 is 0 Å². The number of rotatable bonds is 8. The SMILES string of the molecule is CC=CC1CCC(CCC2CCC(c3ccc(-c4ccc(OCC)c(F)c4F)c(F)c3F)CC2)CO1. The minimum absolute atomic E-state index is 0.0636. The van der Waals surface area contributed by atoms with Crippen LogP contribution in [0.15, 0.2) is 36.4 Å². The zero-order valence-electron chi connectivity index (χ0n) is 21.2. The summed E-state index contributed by atoms with van der Waals surface area (Å²) in [5.41, 5.74) is -0.265. The van der Waals surface area contributed by atoms with Crippen LogP contribution >= 0.6 is 0 Å². The van der Waals surface area contributed by atoms with E-state index in [1.165, 1.54) is 30.7 Å². The maximum absolute atomic E-state index is 15.1. The topological polar surface area (TPSA) is 18.5 Å². The summed E-state index contributed by atoms with van der Waals surface area (Å²) in [4.78, 5) is 0. The van der Waals surface area contributed by atoms with E-state index in [2.05, 4.69) is 6.08 Å². The Hall–Kier alpha value is -2.34. The smallest absolute Gasteiger partial charge is 0.201 e. The minimum Gasteiger partial charge on any atom is -0.491 e. The molecule has 2 aromatic rings. The van der Waals surface area contributed by atoms with E-state index in [0.29, 0.717) is 17.4 Å². The van der Waals surface area contributed by atoms with Gasteiger partial charge in [0.1, 0.15) is 0 Å². The molecule has 2 aromatic carbocycles. The number of allylic oxidation sites excluding steroid dienone is 1. The van der Waals surface area contributed by atoms with E-state index in [1.54, 1.807) is 6.92 Å². The van der Waals surface area contributed by atoms with Crippen LogP contribution in [0.25, 0.3) is 11.1 Å². The summed E-state index contributed by atoms with van der Waals surface area (Å²) in [5.74, 6) is -3.64. The molecule has 1 aliphatic carbocycles. The van der Waals surface area contributed by atoms with Crippen molar-refractivity contribution in [3.63, 3.8) is 0 Å². The summed E-state index contributed by atoms with van der Waals surface area (Å²) in [6.07, 6.45) is 12.6. The van der Waals surface area contributed by atoms with Gasteiger partial charge in [-0.05, 0) is 94.2 Å². The van der Waals surface area contributed by atoms with Crippen LogP contribution in [-0.4, -0.2) is 19.3 Å². The fourth-order valence-corrected chi connectivity index (χ4v) is 5.75. The molecule has 2 fully saturated rings. The Morgan fingerprint density at radius 1 is 0.806 bits per heavy atom. The van der Waals surface area contributed by atoms with Crippen LogP contribution in [0.3, 0.4) is 0 Å². The zero-order valence-corrected chi connectivity index (χ0v) is 21.2. The first kappa shape index (κ1) is 26.7. The van der Waals surface area contributed by atoms with Crippen molar-refractivity contribution in [1.29, 1.82) is 0 Å². The van der Waals surface area contributed by atoms with E-state index in [-0.39, 0.29) is 35.5 Å². The predicted molar refractivity (Wildman–Crippen MR) is 134 cm³/mol. The van der Waals surface area contributed by atoms with Gasteiger partial charge in [0.15, 0.2) is 23.2 Å². The first-order chi connectivity index (χ1) is 17.4. The Labute approximate surface area is 211 Å². The van der Waals surface area contributed by atoms with Crippen molar-refractivity contribution in [2.75, 3.05) is 13.2 Å². The van der Waals surface area contributed by atoms with Crippen LogP contribution in [0.4, 0.5) is 17.6 Å². The Morgan fingerprint density at radius 2 is 1.44 bits per heavy atom. The molecule has 2 unspecified atom stereocenters. The second-order valence-corrected chi connectivity index (χ2v) is 10.1. The van der Waals surface area contributed by atoms with Gasteiger partial charge in [-0.3, -0.25) is 0 Å². The van der Waals surface area contributed by atoms with E-state index in [1.807, 2.05) is 13.0 Å². The quantitative estimate of drug-likeness (QED) is 0.264. The highest BCUT2D eigenvalue weighted by atomic mass is 19.2. The molecule has 0 radical (unpaired) electrons. The van der Waals surface area contributed by atoms with Crippen molar-refractivity contribution in [2.24, 2.45) is 11.8 Å². The van der Waals surface area contributed by atoms with E-state index < -0.39 is 23.3 Å². The molecule has 2 nitrogen and oxygen atoms in total. The van der Waals surface area contributed by atoms with E-state index in [4.69, 9.17) is 9.47 Å². The lowest BCUT2D eigenvalue weighted by Crippen LogP contribution is -2.25. The molecule has 0 spiro atoms. The third-order valence-corrected chi connectivity index (χ3v) is 7.83. The van der Waals surface area contributed by atoms with Crippen molar-refractivity contribution in [2.45, 2.75) is 77.2 Å². The van der Waals surface area contributed by atoms with Crippen molar-refractivity contribution < 1.29 is 27.0 Å². The molecule has 4 rings (SSSR count). The first-order valence-electron chi connectivity index (χ1n) is 13.3. The standard InChI is InChI=1S/C30H36F4O2/c1-3-5-22-13-10-20(18-36-22)7-6-19-8-11-21(12-9-19)23-14-15-24(28(32)27(23)31)25-16-17-26(35-4-2)30(34)29(25)33/h3,5,14-17,19-22H,4,6-13,18H2,1-2H3. The third kappa shape index (κ3) is 5.96. The molecule has 1 saturated carbocycles. The highest BCUT2D eigenvalue weighted by molar-refractivity contribution is 5.66. The van der Waals surface area contributed by atoms with Gasteiger partial charge in [0.05, 0.1) is 19.3 Å². The lowest BCUT2D eigenvalue weighted by molar-refractivity contribution is 0.00622. The van der Waals surface area contributed by atoms with Gasteiger partial charge in [-0.1, -0.05) is 30.7 Å². The number of hydrogen-bond acceptors (Lipinski definition) is 2. The van der Waals surface area contributed by atoms with E-state index in [9.17, 15) is 8.78 Å². The van der Waals surface area contributed by atoms with Gasteiger partial charge in [-0.2, -0.15) is 4.39 Å². The molecule has 0 bridgehead atoms. The Kier molecular flexibility index (Phi) is 9.10. The van der Waals surface area contributed by atoms with Crippen molar-refractivity contribution in [3.05, 3.63) is 65.2 Å². The second-order valence-electron chi connectivity index (χ2n) is 10.1. The highest BCUT2D eigenvalue weighted by Gasteiger charge is 2.28. The predicted octanol–water partition coefficient (Wildman–Crippen LogP) is 8.73. The van der Waals surface area contributed by atoms with E-state index >= 15 is 8.78 Å². The monoisotopic (exact) mass is 504 g/mol. The molecule has 36 heavy (non-hydrogen) atoms. The Balaban J connectivity index is 1.35. The minimum atomic E-state index is -1.24. The van der Waals surface area contributed by atoms with Gasteiger partial charge in [0.25, 0.3) is 0 Å². The molecular formula is C30H36F4O2. The average Bonchev–Trinajstić information content (AvgIpc) is 2.89. The van der Waals surface area contributed by atoms with E-state index in [0.717, 1.165) is 51.6 Å². The molecule has 196 valence electrons. The average molecular weight is 505 g/mol. The Bertz CT molecular complexity index is 1050. The van der Waals surface area contributed by atoms with Crippen LogP contribution in [-0.2, 0) is 4.74 Å². The van der Waals surface area contributed by atoms with Crippen LogP contribution in [0.5, 0.6) is 5.75 Å². The molecular weight excluding hydrogens is 468 g/mol. The summed E-state index contributed by atoms with van der Waals surface area (Å²) in [7, 11) is 0. The summed E-state index contributed by atoms with van der Waals surface area (Å²) in [6, 6.07) is 5.36. The third-order valence-electron chi connectivity index (χ3n) is 7.83. The van der Waals surface area contributed by atoms with Gasteiger partial charge < -0.3 is 9.47 Å². The van der Waals surface area contributed by atoms with Crippen LogP contribution in [0.2, 0.25) is 0 Å². The second kappa shape index (κ2) is 12.3. The van der Waals surface area contributed by atoms with Crippen LogP contribution < -0.4 is 4.74 Å². The molecule has 1 heterocycles. The molecule has 2 atom stereocenters. The summed E-state index contributed by atoms with van der Waals surface area (Å²) in [5, 5.41) is 0. The molecule has 1 saturated heterocycles. The summed E-state index contributed by atoms with van der Waals surface area (Å²) in [6.45, 7) is 4.66. The molecule has 0 amide bonds. The zero-order chi connectivity index (χ0) is 25.7. The molecule has 6 heteroatoms. The maximum atomic E-state index is 15.1. The van der Waals surface area contributed by atoms with Crippen LogP contribution in [0.1, 0.15) is 76.7 Å². The van der Waals surface area contributed by atoms with Crippen molar-refractivity contribution in [1.82, 2.24) is 0 Å². The van der Waals surface area contributed by atoms with Crippen LogP contribution in [0, 0.1) is 35.1 Å². The van der Waals surface area contributed by atoms with Gasteiger partial charge in [0.2, 0.25) is 5.82 Å². The first-order valence-corrected chi connectivity index (χ1v) is 13.3. The largest absolute Gasteiger partial charge is 0.491 e. The fourth-order valence-electron chi connectivity index (χ4n) is 5.75. The lowest BCUT2D eigenvalue weighted by atomic mass is 9.76. The number of benzene rings is 2. The van der Waals surface area contributed by atoms with Gasteiger partial charge >= 0.3 is 0 Å². The van der Waals surface area contributed by atoms with Gasteiger partial charge in [-0.15, -0.1) is 0 Å². The van der Waals surface area contributed by atoms with Gasteiger partial charge in [-0.25, -0.2) is 13.2 Å². The van der Waals surface area contributed by atoms with Crippen molar-refractivity contribution in [3.8, 4) is 16.9 Å². The fraction of sp³-hybridized carbons (Fsp3) is 0.533. The Morgan fingerprint density at radius 3 is 2.08 bits per heavy atom. The summed E-state index contributed by atoms with van der Waals surface area (Å²) >= 11 is 0. The number of hydrogen-bond donors (Lipinski definition) is 0. The van der Waals surface area contributed by atoms with Gasteiger partial charge in [0, 0.05) is 11.1 Å². The molecule has 1 aliphatic heterocycles. The maximum Gasteiger partial charge on any atom is 0.201 e. The molecule has 0 aromatic heterocycles. The lowest BCUT2D eigenvalue weighted by Gasteiger charge is -2.32.